The van der Waals surface area contributed by atoms with Crippen LogP contribution in [-0.2, 0) is 9.84 Å². The number of hydrogen-bond donors (Lipinski definition) is 1. The third-order valence-electron chi connectivity index (χ3n) is 3.16. The molecule has 5 nitrogen and oxygen atoms in total. The fourth-order valence-electron chi connectivity index (χ4n) is 2.22. The summed E-state index contributed by atoms with van der Waals surface area (Å²) in [6.45, 7) is 1.63. The summed E-state index contributed by atoms with van der Waals surface area (Å²) in [5, 5.41) is 3.00. The lowest BCUT2D eigenvalue weighted by Gasteiger charge is -2.05. The number of nitrogens with one attached hydrogen (secondary N) is 1. The zero-order chi connectivity index (χ0) is 12.6. The van der Waals surface area contributed by atoms with Gasteiger partial charge in [-0.3, -0.25) is 0 Å². The number of rotatable bonds is 3. The van der Waals surface area contributed by atoms with E-state index in [0.717, 1.165) is 19.5 Å². The molecule has 0 radical (unpaired) electrons. The molecule has 0 unspecified atom stereocenters. The maximum Gasteiger partial charge on any atom is 0.316 e. The predicted octanol–water partition coefficient (Wildman–Crippen LogP) is 1.21. The fourth-order valence-corrected chi connectivity index (χ4v) is 3.72. The van der Waals surface area contributed by atoms with E-state index < -0.39 is 9.84 Å². The van der Waals surface area contributed by atoms with Gasteiger partial charge in [0, 0.05) is 0 Å². The van der Waals surface area contributed by atoms with Crippen LogP contribution in [0.3, 0.4) is 0 Å². The SMILES string of the molecule is O=S(=O)(C[C@H]1CCNC1)c1nc2ccccc2o1. The summed E-state index contributed by atoms with van der Waals surface area (Å²) in [5.74, 6) is 0.261. The average Bonchev–Trinajstić information content (AvgIpc) is 2.96. The Hall–Kier alpha value is -1.40. The lowest BCUT2D eigenvalue weighted by Crippen LogP contribution is -2.19. The van der Waals surface area contributed by atoms with Crippen LogP contribution in [0.15, 0.2) is 33.9 Å². The standard InChI is InChI=1S/C12H14N2O3S/c15-18(16,8-9-5-6-13-7-9)12-14-10-3-1-2-4-11(10)17-12/h1-4,9,13H,5-8H2/t9-/m0/s1. The number of hydrogen-bond acceptors (Lipinski definition) is 5. The molecule has 96 valence electrons. The van der Waals surface area contributed by atoms with Crippen molar-refractivity contribution in [2.75, 3.05) is 18.8 Å². The van der Waals surface area contributed by atoms with Crippen LogP contribution in [0.4, 0.5) is 0 Å². The van der Waals surface area contributed by atoms with Crippen LogP contribution in [-0.4, -0.2) is 32.2 Å². The summed E-state index contributed by atoms with van der Waals surface area (Å²) in [7, 11) is -3.42. The van der Waals surface area contributed by atoms with Crippen molar-refractivity contribution in [3.63, 3.8) is 0 Å². The van der Waals surface area contributed by atoms with Crippen molar-refractivity contribution in [2.45, 2.75) is 11.6 Å². The van der Waals surface area contributed by atoms with Gasteiger partial charge in [-0.25, -0.2) is 8.42 Å². The fraction of sp³-hybridized carbons (Fsp3) is 0.417. The highest BCUT2D eigenvalue weighted by molar-refractivity contribution is 7.91. The largest absolute Gasteiger partial charge is 0.428 e. The summed E-state index contributed by atoms with van der Waals surface area (Å²) in [6, 6.07) is 7.07. The third-order valence-corrected chi connectivity index (χ3v) is 4.77. The van der Waals surface area contributed by atoms with Gasteiger partial charge < -0.3 is 9.73 Å². The molecule has 0 amide bonds. The Balaban J connectivity index is 1.92. The number of sulfone groups is 1. The Bertz CT molecular complexity index is 624. The van der Waals surface area contributed by atoms with Crippen molar-refractivity contribution in [3.8, 4) is 0 Å². The van der Waals surface area contributed by atoms with E-state index in [-0.39, 0.29) is 16.9 Å². The van der Waals surface area contributed by atoms with Crippen molar-refractivity contribution in [2.24, 2.45) is 5.92 Å². The van der Waals surface area contributed by atoms with Gasteiger partial charge in [0.2, 0.25) is 9.84 Å². The topological polar surface area (TPSA) is 72.2 Å². The third kappa shape index (κ3) is 2.13. The second-order valence-electron chi connectivity index (χ2n) is 4.59. The highest BCUT2D eigenvalue weighted by atomic mass is 32.2. The van der Waals surface area contributed by atoms with Crippen molar-refractivity contribution in [1.29, 1.82) is 0 Å². The second kappa shape index (κ2) is 4.37. The first-order valence-electron chi connectivity index (χ1n) is 5.94. The Labute approximate surface area is 105 Å². The van der Waals surface area contributed by atoms with Gasteiger partial charge in [-0.15, -0.1) is 0 Å². The van der Waals surface area contributed by atoms with E-state index in [2.05, 4.69) is 10.3 Å². The minimum absolute atomic E-state index is 0.104. The van der Waals surface area contributed by atoms with Gasteiger partial charge >= 0.3 is 5.22 Å². The van der Waals surface area contributed by atoms with Crippen molar-refractivity contribution in [1.82, 2.24) is 10.3 Å². The van der Waals surface area contributed by atoms with Crippen LogP contribution < -0.4 is 5.32 Å². The molecule has 1 fully saturated rings. The van der Waals surface area contributed by atoms with Crippen molar-refractivity contribution >= 4 is 20.9 Å². The summed E-state index contributed by atoms with van der Waals surface area (Å²) >= 11 is 0. The Morgan fingerprint density at radius 1 is 1.39 bits per heavy atom. The molecule has 2 heterocycles. The van der Waals surface area contributed by atoms with E-state index >= 15 is 0 Å². The second-order valence-corrected chi connectivity index (χ2v) is 6.50. The summed E-state index contributed by atoms with van der Waals surface area (Å²) in [6.07, 6.45) is 0.888. The minimum Gasteiger partial charge on any atom is -0.428 e. The van der Waals surface area contributed by atoms with Gasteiger partial charge in [0.15, 0.2) is 5.58 Å². The van der Waals surface area contributed by atoms with E-state index in [1.54, 1.807) is 18.2 Å². The monoisotopic (exact) mass is 266 g/mol. The maximum absolute atomic E-state index is 12.2. The molecule has 1 saturated heterocycles. The smallest absolute Gasteiger partial charge is 0.316 e. The molecule has 18 heavy (non-hydrogen) atoms. The summed E-state index contributed by atoms with van der Waals surface area (Å²) < 4.78 is 29.7. The molecule has 0 spiro atoms. The first kappa shape index (κ1) is 11.7. The van der Waals surface area contributed by atoms with Crippen LogP contribution >= 0.6 is 0 Å². The van der Waals surface area contributed by atoms with Gasteiger partial charge in [-0.05, 0) is 37.6 Å². The van der Waals surface area contributed by atoms with E-state index in [9.17, 15) is 8.42 Å². The number of fused-ring (bicyclic) bond motifs is 1. The molecule has 2 aromatic rings. The van der Waals surface area contributed by atoms with Gasteiger partial charge in [0.05, 0.1) is 5.75 Å². The van der Waals surface area contributed by atoms with Gasteiger partial charge in [0.1, 0.15) is 5.52 Å². The first-order chi connectivity index (χ1) is 8.65. The van der Waals surface area contributed by atoms with Crippen LogP contribution in [0.25, 0.3) is 11.1 Å². The lowest BCUT2D eigenvalue weighted by atomic mass is 10.2. The summed E-state index contributed by atoms with van der Waals surface area (Å²) in [4.78, 5) is 4.05. The average molecular weight is 266 g/mol. The van der Waals surface area contributed by atoms with E-state index in [1.165, 1.54) is 0 Å². The van der Waals surface area contributed by atoms with Crippen molar-refractivity contribution < 1.29 is 12.8 Å². The Morgan fingerprint density at radius 3 is 2.94 bits per heavy atom. The van der Waals surface area contributed by atoms with Gasteiger partial charge in [-0.1, -0.05) is 12.1 Å². The molecule has 0 saturated carbocycles. The molecule has 1 N–H and O–H groups in total. The number of oxazole rings is 1. The normalized spacial score (nSPS) is 20.6. The number of aromatic nitrogens is 1. The zero-order valence-corrected chi connectivity index (χ0v) is 10.6. The quantitative estimate of drug-likeness (QED) is 0.904. The molecule has 0 aliphatic carbocycles. The van der Waals surface area contributed by atoms with Crippen molar-refractivity contribution in [3.05, 3.63) is 24.3 Å². The van der Waals surface area contributed by atoms with Crippen LogP contribution in [0.2, 0.25) is 0 Å². The number of benzene rings is 1. The van der Waals surface area contributed by atoms with E-state index in [1.807, 2.05) is 6.07 Å². The van der Waals surface area contributed by atoms with Crippen LogP contribution in [0, 0.1) is 5.92 Å². The molecule has 1 aliphatic rings. The maximum atomic E-state index is 12.2. The van der Waals surface area contributed by atoms with E-state index in [0.29, 0.717) is 11.1 Å². The molecule has 1 aliphatic heterocycles. The number of nitrogens with zero attached hydrogens (tertiary/aromatic N) is 1. The molecular formula is C12H14N2O3S. The van der Waals surface area contributed by atoms with Crippen LogP contribution in [0.1, 0.15) is 6.42 Å². The Kier molecular flexibility index (Phi) is 2.83. The lowest BCUT2D eigenvalue weighted by molar-refractivity contribution is 0.453. The highest BCUT2D eigenvalue weighted by Crippen LogP contribution is 2.21. The number of para-hydroxylation sites is 2. The predicted molar refractivity (Wildman–Crippen MR) is 67.0 cm³/mol. The van der Waals surface area contributed by atoms with E-state index in [4.69, 9.17) is 4.42 Å². The molecule has 1 aromatic carbocycles. The molecule has 3 rings (SSSR count). The molecule has 6 heteroatoms. The molecule has 0 bridgehead atoms. The molecule has 1 aromatic heterocycles. The molecule has 1 atom stereocenters. The molecular weight excluding hydrogens is 252 g/mol. The van der Waals surface area contributed by atoms with Gasteiger partial charge in [-0.2, -0.15) is 4.98 Å². The first-order valence-corrected chi connectivity index (χ1v) is 7.59. The van der Waals surface area contributed by atoms with Gasteiger partial charge in [0.25, 0.3) is 0 Å². The Morgan fingerprint density at radius 2 is 2.22 bits per heavy atom. The minimum atomic E-state index is -3.42. The van der Waals surface area contributed by atoms with Crippen LogP contribution in [0.5, 0.6) is 0 Å². The summed E-state index contributed by atoms with van der Waals surface area (Å²) in [5.41, 5.74) is 1.10. The zero-order valence-electron chi connectivity index (χ0n) is 9.80. The highest BCUT2D eigenvalue weighted by Gasteiger charge is 2.27.